The Hall–Kier alpha value is -3.92. The van der Waals surface area contributed by atoms with Crippen molar-refractivity contribution in [1.82, 2.24) is 20.2 Å². The smallest absolute Gasteiger partial charge is 0.282 e. The molecule has 2 N–H and O–H groups in total. The van der Waals surface area contributed by atoms with Gasteiger partial charge < -0.3 is 9.47 Å². The van der Waals surface area contributed by atoms with Crippen LogP contribution in [0.15, 0.2) is 52.4 Å². The van der Waals surface area contributed by atoms with Gasteiger partial charge >= 0.3 is 0 Å². The molecule has 10 heteroatoms. The number of hydrogen-bond donors (Lipinski definition) is 2. The number of fused-ring (bicyclic) bond motifs is 1. The van der Waals surface area contributed by atoms with Crippen molar-refractivity contribution in [1.29, 1.82) is 0 Å². The molecule has 2 aromatic heterocycles. The van der Waals surface area contributed by atoms with E-state index in [1.807, 2.05) is 31.2 Å². The van der Waals surface area contributed by atoms with Gasteiger partial charge in [0.1, 0.15) is 11.5 Å². The fourth-order valence-electron chi connectivity index (χ4n) is 3.57. The number of aromatic amines is 1. The van der Waals surface area contributed by atoms with Gasteiger partial charge in [0.25, 0.3) is 11.5 Å². The number of thiazole rings is 1. The summed E-state index contributed by atoms with van der Waals surface area (Å²) < 4.78 is 12.9. The third-order valence-corrected chi connectivity index (χ3v) is 6.26. The number of carbonyl (C=O) groups is 1. The summed E-state index contributed by atoms with van der Waals surface area (Å²) in [5.41, 5.74) is 4.97. The summed E-state index contributed by atoms with van der Waals surface area (Å²) >= 11 is 1.43. The first-order valence-electron chi connectivity index (χ1n) is 10.7. The van der Waals surface area contributed by atoms with Gasteiger partial charge in [-0.2, -0.15) is 9.78 Å². The molecule has 0 unspecified atom stereocenters. The Balaban J connectivity index is 1.66. The van der Waals surface area contributed by atoms with Crippen molar-refractivity contribution < 1.29 is 14.3 Å². The molecule has 0 spiro atoms. The predicted molar refractivity (Wildman–Crippen MR) is 133 cm³/mol. The number of aryl methyl sites for hydroxylation is 1. The predicted octanol–water partition coefficient (Wildman–Crippen LogP) is 3.90. The van der Waals surface area contributed by atoms with Crippen molar-refractivity contribution in [3.63, 3.8) is 0 Å². The van der Waals surface area contributed by atoms with E-state index in [1.165, 1.54) is 30.2 Å². The van der Waals surface area contributed by atoms with Gasteiger partial charge in [-0.15, -0.1) is 0 Å². The van der Waals surface area contributed by atoms with Crippen LogP contribution in [0.25, 0.3) is 15.3 Å². The van der Waals surface area contributed by atoms with E-state index in [-0.39, 0.29) is 5.56 Å². The Morgan fingerprint density at radius 1 is 1.18 bits per heavy atom. The van der Waals surface area contributed by atoms with Crippen molar-refractivity contribution >= 4 is 33.2 Å². The van der Waals surface area contributed by atoms with Crippen LogP contribution in [0, 0.1) is 0 Å². The van der Waals surface area contributed by atoms with Gasteiger partial charge in [-0.05, 0) is 37.6 Å². The number of carbonyl (C=O) groups excluding carboxylic acids is 1. The number of methoxy groups -OCH3 is 2. The van der Waals surface area contributed by atoms with Crippen LogP contribution in [0.5, 0.6) is 11.5 Å². The summed E-state index contributed by atoms with van der Waals surface area (Å²) in [6, 6.07) is 12.6. The average molecular weight is 480 g/mol. The van der Waals surface area contributed by atoms with E-state index in [2.05, 4.69) is 20.6 Å². The van der Waals surface area contributed by atoms with Crippen LogP contribution in [0.4, 0.5) is 0 Å². The van der Waals surface area contributed by atoms with Crippen molar-refractivity contribution in [3.8, 4) is 16.6 Å². The van der Waals surface area contributed by atoms with Crippen LogP contribution >= 0.6 is 11.3 Å². The monoisotopic (exact) mass is 479 g/mol. The summed E-state index contributed by atoms with van der Waals surface area (Å²) in [6.07, 6.45) is 1.48. The summed E-state index contributed by atoms with van der Waals surface area (Å²) in [5.74, 6) is 0.523. The zero-order valence-corrected chi connectivity index (χ0v) is 20.2. The van der Waals surface area contributed by atoms with Crippen LogP contribution in [0.1, 0.15) is 41.9 Å². The lowest BCUT2D eigenvalue weighted by Crippen LogP contribution is -2.23. The Morgan fingerprint density at radius 3 is 2.53 bits per heavy atom. The van der Waals surface area contributed by atoms with E-state index in [4.69, 9.17) is 9.47 Å². The van der Waals surface area contributed by atoms with Crippen LogP contribution in [-0.4, -0.2) is 40.6 Å². The van der Waals surface area contributed by atoms with Crippen LogP contribution in [-0.2, 0) is 6.42 Å². The first-order valence-corrected chi connectivity index (χ1v) is 11.5. The minimum absolute atomic E-state index is 0.263. The molecule has 2 heterocycles. The number of hydrogen-bond acceptors (Lipinski definition) is 7. The fourth-order valence-corrected chi connectivity index (χ4v) is 4.50. The number of H-pyrrole nitrogens is 1. The molecule has 0 aliphatic rings. The molecule has 4 rings (SSSR count). The van der Waals surface area contributed by atoms with Crippen LogP contribution in [0.3, 0.4) is 0 Å². The van der Waals surface area contributed by atoms with E-state index in [0.717, 1.165) is 22.3 Å². The lowest BCUT2D eigenvalue weighted by molar-refractivity contribution is 0.0954. The molecule has 0 saturated heterocycles. The minimum atomic E-state index is -0.448. The molecule has 0 aliphatic carbocycles. The number of benzene rings is 2. The number of aromatic nitrogens is 3. The van der Waals surface area contributed by atoms with Crippen molar-refractivity contribution in [2.75, 3.05) is 14.2 Å². The topological polar surface area (TPSA) is 111 Å². The zero-order chi connectivity index (χ0) is 24.2. The van der Waals surface area contributed by atoms with Crippen LogP contribution < -0.4 is 20.5 Å². The van der Waals surface area contributed by atoms with Gasteiger partial charge in [-0.1, -0.05) is 36.8 Å². The number of rotatable bonds is 8. The van der Waals surface area contributed by atoms with E-state index in [1.54, 1.807) is 25.1 Å². The molecule has 0 atom stereocenters. The Labute approximate surface area is 200 Å². The summed E-state index contributed by atoms with van der Waals surface area (Å²) in [4.78, 5) is 30.6. The molecule has 1 amide bonds. The van der Waals surface area contributed by atoms with E-state index in [9.17, 15) is 9.59 Å². The number of nitrogens with one attached hydrogen (secondary N) is 2. The molecule has 176 valence electrons. The first kappa shape index (κ1) is 23.2. The highest BCUT2D eigenvalue weighted by Gasteiger charge is 2.20. The second-order valence-corrected chi connectivity index (χ2v) is 8.57. The molecule has 0 fully saturated rings. The second kappa shape index (κ2) is 9.92. The maximum absolute atomic E-state index is 13.3. The van der Waals surface area contributed by atoms with Gasteiger partial charge in [0.15, 0.2) is 0 Å². The Bertz CT molecular complexity index is 1380. The van der Waals surface area contributed by atoms with Crippen molar-refractivity contribution in [2.45, 2.75) is 26.7 Å². The van der Waals surface area contributed by atoms with Gasteiger partial charge in [0.05, 0.1) is 35.7 Å². The highest BCUT2D eigenvalue weighted by atomic mass is 32.1. The van der Waals surface area contributed by atoms with Gasteiger partial charge in [-0.3, -0.25) is 14.7 Å². The van der Waals surface area contributed by atoms with Gasteiger partial charge in [-0.25, -0.2) is 10.4 Å². The van der Waals surface area contributed by atoms with Gasteiger partial charge in [0.2, 0.25) is 5.13 Å². The average Bonchev–Trinajstić information content (AvgIpc) is 3.42. The molecule has 9 nitrogen and oxygen atoms in total. The largest absolute Gasteiger partial charge is 0.497 e. The highest BCUT2D eigenvalue weighted by Crippen LogP contribution is 2.24. The van der Waals surface area contributed by atoms with E-state index < -0.39 is 5.91 Å². The number of amides is 1. The van der Waals surface area contributed by atoms with E-state index >= 15 is 0 Å². The molecule has 2 aromatic carbocycles. The van der Waals surface area contributed by atoms with E-state index in [0.29, 0.717) is 39.9 Å². The van der Waals surface area contributed by atoms with Crippen molar-refractivity contribution in [2.24, 2.45) is 5.10 Å². The number of ether oxygens (including phenoxy) is 2. The zero-order valence-electron chi connectivity index (χ0n) is 19.3. The highest BCUT2D eigenvalue weighted by molar-refractivity contribution is 7.20. The first-order chi connectivity index (χ1) is 16.4. The standard InChI is InChI=1S/C24H25N5O4S/c1-5-8-19-21(23(31)29(28-19)24-25-18-9-6-7-10-20(18)34-24)14(2)26-27-22(30)15-11-16(32-3)13-17(12-15)33-4/h6-7,9-13,28H,5,8H2,1-4H3,(H,27,30). The lowest BCUT2D eigenvalue weighted by atomic mass is 10.1. The quantitative estimate of drug-likeness (QED) is 0.294. The number of para-hydroxylation sites is 1. The summed E-state index contributed by atoms with van der Waals surface area (Å²) in [5, 5.41) is 7.96. The second-order valence-electron chi connectivity index (χ2n) is 7.56. The SMILES string of the molecule is CCCc1[nH]n(-c2nc3ccccc3s2)c(=O)c1C(C)=NNC(=O)c1cc(OC)cc(OC)c1. The van der Waals surface area contributed by atoms with Crippen molar-refractivity contribution in [3.05, 3.63) is 69.6 Å². The molecule has 0 bridgehead atoms. The number of nitrogens with zero attached hydrogens (tertiary/aromatic N) is 3. The van der Waals surface area contributed by atoms with Gasteiger partial charge in [0, 0.05) is 17.3 Å². The molecule has 0 radical (unpaired) electrons. The molecule has 34 heavy (non-hydrogen) atoms. The normalized spacial score (nSPS) is 11.6. The molecule has 0 saturated carbocycles. The maximum atomic E-state index is 13.3. The third-order valence-electron chi connectivity index (χ3n) is 5.24. The molecule has 4 aromatic rings. The fraction of sp³-hybridized carbons (Fsp3) is 0.250. The minimum Gasteiger partial charge on any atom is -0.497 e. The summed E-state index contributed by atoms with van der Waals surface area (Å²) in [7, 11) is 3.02. The lowest BCUT2D eigenvalue weighted by Gasteiger charge is -2.08. The third kappa shape index (κ3) is 4.58. The summed E-state index contributed by atoms with van der Waals surface area (Å²) in [6.45, 7) is 3.72. The molecular formula is C24H25N5O4S. The Morgan fingerprint density at radius 2 is 1.88 bits per heavy atom. The number of hydrazone groups is 1. The Kier molecular flexibility index (Phi) is 6.78. The molecule has 0 aliphatic heterocycles. The van der Waals surface area contributed by atoms with Crippen LogP contribution in [0.2, 0.25) is 0 Å². The maximum Gasteiger partial charge on any atom is 0.282 e. The molecular weight excluding hydrogens is 454 g/mol.